The van der Waals surface area contributed by atoms with Crippen molar-refractivity contribution in [2.75, 3.05) is 19.6 Å². The maximum atomic E-state index is 12.0. The Morgan fingerprint density at radius 3 is 3.10 bits per heavy atom. The number of aliphatic hydroxyl groups excluding tert-OH is 1. The van der Waals surface area contributed by atoms with E-state index in [1.165, 1.54) is 5.56 Å². The monoisotopic (exact) mass is 277 g/mol. The van der Waals surface area contributed by atoms with Crippen LogP contribution in [-0.2, 0) is 6.42 Å². The summed E-state index contributed by atoms with van der Waals surface area (Å²) in [6.45, 7) is 5.80. The zero-order valence-corrected chi connectivity index (χ0v) is 12.2. The van der Waals surface area contributed by atoms with Gasteiger partial charge in [0.05, 0.1) is 6.10 Å². The second-order valence-corrected chi connectivity index (χ2v) is 5.56. The molecule has 2 amide bonds. The summed E-state index contributed by atoms with van der Waals surface area (Å²) in [6, 6.07) is 1.90. The molecule has 0 spiro atoms. The first kappa shape index (κ1) is 14.8. The van der Waals surface area contributed by atoms with Crippen molar-refractivity contribution in [1.82, 2.24) is 15.2 Å². The molecule has 110 valence electrons. The lowest BCUT2D eigenvalue weighted by atomic mass is 9.96. The third-order valence-electron chi connectivity index (χ3n) is 4.01. The average Bonchev–Trinajstić information content (AvgIpc) is 2.44. The minimum Gasteiger partial charge on any atom is -0.391 e. The lowest BCUT2D eigenvalue weighted by molar-refractivity contribution is 0.0436. The van der Waals surface area contributed by atoms with Crippen LogP contribution in [0.1, 0.15) is 24.5 Å². The lowest BCUT2D eigenvalue weighted by Gasteiger charge is -2.34. The third kappa shape index (κ3) is 3.70. The van der Waals surface area contributed by atoms with Gasteiger partial charge < -0.3 is 15.3 Å². The summed E-state index contributed by atoms with van der Waals surface area (Å²) in [7, 11) is 0. The van der Waals surface area contributed by atoms with E-state index in [0.29, 0.717) is 13.1 Å². The van der Waals surface area contributed by atoms with Gasteiger partial charge in [0.2, 0.25) is 0 Å². The van der Waals surface area contributed by atoms with Crippen molar-refractivity contribution in [2.24, 2.45) is 5.92 Å². The van der Waals surface area contributed by atoms with Crippen molar-refractivity contribution in [3.8, 4) is 0 Å². The Morgan fingerprint density at radius 1 is 1.60 bits per heavy atom. The van der Waals surface area contributed by atoms with Crippen LogP contribution in [0, 0.1) is 12.8 Å². The van der Waals surface area contributed by atoms with Gasteiger partial charge in [0.25, 0.3) is 0 Å². The van der Waals surface area contributed by atoms with Crippen LogP contribution in [0.25, 0.3) is 0 Å². The number of piperidine rings is 1. The highest BCUT2D eigenvalue weighted by Gasteiger charge is 2.26. The van der Waals surface area contributed by atoms with E-state index >= 15 is 0 Å². The third-order valence-corrected chi connectivity index (χ3v) is 4.01. The normalized spacial score (nSPS) is 22.6. The number of likely N-dealkylation sites (tertiary alicyclic amines) is 1. The molecule has 2 N–H and O–H groups in total. The first-order chi connectivity index (χ1) is 9.58. The maximum Gasteiger partial charge on any atom is 0.317 e. The molecule has 0 aliphatic carbocycles. The number of nitrogens with one attached hydrogen (secondary N) is 1. The van der Waals surface area contributed by atoms with Crippen LogP contribution < -0.4 is 5.32 Å². The number of β-amino-alcohol motifs (C(OH)–C–C–N with tert-alkyl or cyclic N) is 1. The minimum atomic E-state index is -0.406. The predicted octanol–water partition coefficient (Wildman–Crippen LogP) is 1.34. The molecule has 5 heteroatoms. The fraction of sp³-hybridized carbons (Fsp3) is 0.600. The van der Waals surface area contributed by atoms with E-state index in [0.717, 1.165) is 24.9 Å². The fourth-order valence-electron chi connectivity index (χ4n) is 2.43. The van der Waals surface area contributed by atoms with Gasteiger partial charge in [-0.25, -0.2) is 4.79 Å². The second kappa shape index (κ2) is 6.70. The van der Waals surface area contributed by atoms with E-state index < -0.39 is 6.10 Å². The van der Waals surface area contributed by atoms with Crippen LogP contribution >= 0.6 is 0 Å². The molecular formula is C15H23N3O2. The van der Waals surface area contributed by atoms with Crippen molar-refractivity contribution in [3.63, 3.8) is 0 Å². The Balaban J connectivity index is 1.77. The van der Waals surface area contributed by atoms with Crippen molar-refractivity contribution in [1.29, 1.82) is 0 Å². The average molecular weight is 277 g/mol. The van der Waals surface area contributed by atoms with Gasteiger partial charge in [0, 0.05) is 32.0 Å². The molecule has 1 aliphatic rings. The topological polar surface area (TPSA) is 65.5 Å². The van der Waals surface area contributed by atoms with Crippen LogP contribution in [0.5, 0.6) is 0 Å². The quantitative estimate of drug-likeness (QED) is 0.876. The molecule has 2 heterocycles. The van der Waals surface area contributed by atoms with Crippen LogP contribution in [0.4, 0.5) is 4.79 Å². The van der Waals surface area contributed by atoms with E-state index in [1.807, 2.05) is 26.1 Å². The van der Waals surface area contributed by atoms with Crippen LogP contribution in [0.3, 0.4) is 0 Å². The van der Waals surface area contributed by atoms with Crippen molar-refractivity contribution < 1.29 is 9.90 Å². The predicted molar refractivity (Wildman–Crippen MR) is 77.4 cm³/mol. The molecule has 2 rings (SSSR count). The summed E-state index contributed by atoms with van der Waals surface area (Å²) in [5, 5.41) is 12.7. The highest BCUT2D eigenvalue weighted by molar-refractivity contribution is 5.74. The van der Waals surface area contributed by atoms with E-state index in [-0.39, 0.29) is 11.9 Å². The number of hydrogen-bond donors (Lipinski definition) is 2. The molecule has 0 radical (unpaired) electrons. The highest BCUT2D eigenvalue weighted by Crippen LogP contribution is 2.16. The molecule has 1 aliphatic heterocycles. The Labute approximate surface area is 120 Å². The zero-order chi connectivity index (χ0) is 14.5. The van der Waals surface area contributed by atoms with Crippen LogP contribution in [0.15, 0.2) is 18.5 Å². The molecule has 2 atom stereocenters. The van der Waals surface area contributed by atoms with Gasteiger partial charge in [-0.15, -0.1) is 0 Å². The van der Waals surface area contributed by atoms with Crippen LogP contribution in [0.2, 0.25) is 0 Å². The Bertz CT molecular complexity index is 464. The van der Waals surface area contributed by atoms with Gasteiger partial charge in [-0.05, 0) is 42.9 Å². The number of nitrogens with zero attached hydrogens (tertiary/aromatic N) is 2. The van der Waals surface area contributed by atoms with Gasteiger partial charge in [-0.2, -0.15) is 0 Å². The van der Waals surface area contributed by atoms with Gasteiger partial charge in [-0.3, -0.25) is 4.98 Å². The summed E-state index contributed by atoms with van der Waals surface area (Å²) in [6.07, 6.45) is 4.86. The molecule has 1 fully saturated rings. The largest absolute Gasteiger partial charge is 0.391 e. The smallest absolute Gasteiger partial charge is 0.317 e. The van der Waals surface area contributed by atoms with Gasteiger partial charge in [-0.1, -0.05) is 6.92 Å². The number of aromatic nitrogens is 1. The number of hydrogen-bond acceptors (Lipinski definition) is 3. The van der Waals surface area contributed by atoms with Gasteiger partial charge in [0.1, 0.15) is 0 Å². The summed E-state index contributed by atoms with van der Waals surface area (Å²) >= 11 is 0. The Hall–Kier alpha value is -1.62. The molecule has 0 aromatic carbocycles. The van der Waals surface area contributed by atoms with E-state index in [9.17, 15) is 9.90 Å². The summed E-state index contributed by atoms with van der Waals surface area (Å²) < 4.78 is 0. The highest BCUT2D eigenvalue weighted by atomic mass is 16.3. The second-order valence-electron chi connectivity index (χ2n) is 5.56. The van der Waals surface area contributed by atoms with E-state index in [1.54, 1.807) is 11.1 Å². The van der Waals surface area contributed by atoms with Crippen molar-refractivity contribution >= 4 is 6.03 Å². The first-order valence-corrected chi connectivity index (χ1v) is 7.18. The summed E-state index contributed by atoms with van der Waals surface area (Å²) in [4.78, 5) is 17.8. The molecular weight excluding hydrogens is 254 g/mol. The van der Waals surface area contributed by atoms with E-state index in [4.69, 9.17) is 0 Å². The fourth-order valence-corrected chi connectivity index (χ4v) is 2.43. The molecule has 1 aromatic heterocycles. The minimum absolute atomic E-state index is 0.0809. The number of carbonyl (C=O) groups excluding carboxylic acids is 1. The number of pyridine rings is 1. The van der Waals surface area contributed by atoms with Crippen molar-refractivity contribution in [2.45, 2.75) is 32.8 Å². The summed E-state index contributed by atoms with van der Waals surface area (Å²) in [5.74, 6) is 0.276. The lowest BCUT2D eigenvalue weighted by Crippen LogP contribution is -2.50. The van der Waals surface area contributed by atoms with Crippen molar-refractivity contribution in [3.05, 3.63) is 29.6 Å². The van der Waals surface area contributed by atoms with Gasteiger partial charge >= 0.3 is 6.03 Å². The Morgan fingerprint density at radius 2 is 2.40 bits per heavy atom. The zero-order valence-electron chi connectivity index (χ0n) is 12.2. The Kier molecular flexibility index (Phi) is 4.95. The summed E-state index contributed by atoms with van der Waals surface area (Å²) in [5.41, 5.74) is 2.34. The number of aryl methyl sites for hydroxylation is 1. The molecule has 0 saturated carbocycles. The number of urea groups is 1. The number of aliphatic hydroxyl groups is 1. The standard InChI is InChI=1S/C15H23N3O2/c1-11-5-8-18(10-14(11)19)15(20)17-7-4-13-3-6-16-9-12(13)2/h3,6,9,11,14,19H,4-5,7-8,10H2,1-2H3,(H,17,20). The van der Waals surface area contributed by atoms with Gasteiger partial charge in [0.15, 0.2) is 0 Å². The molecule has 2 unspecified atom stereocenters. The molecule has 1 aromatic rings. The first-order valence-electron chi connectivity index (χ1n) is 7.18. The number of carbonyl (C=O) groups is 1. The van der Waals surface area contributed by atoms with Crippen LogP contribution in [-0.4, -0.2) is 46.8 Å². The molecule has 0 bridgehead atoms. The molecule has 5 nitrogen and oxygen atoms in total. The number of rotatable bonds is 3. The van der Waals surface area contributed by atoms with E-state index in [2.05, 4.69) is 10.3 Å². The molecule has 1 saturated heterocycles. The SMILES string of the molecule is Cc1cnccc1CCNC(=O)N1CCC(C)C(O)C1. The maximum absolute atomic E-state index is 12.0. The molecule has 20 heavy (non-hydrogen) atoms. The number of amides is 2.